The molecule has 0 aliphatic rings. The minimum Gasteiger partial charge on any atom is -0.448 e. The molecule has 0 bridgehead atoms. The Balaban J connectivity index is 2.75. The van der Waals surface area contributed by atoms with Crippen LogP contribution in [-0.2, 0) is 6.42 Å². The van der Waals surface area contributed by atoms with Crippen LogP contribution in [0.4, 0.5) is 0 Å². The fourth-order valence-electron chi connectivity index (χ4n) is 0.750. The highest BCUT2D eigenvalue weighted by Crippen LogP contribution is 2.12. The Hall–Kier alpha value is -1.30. The van der Waals surface area contributed by atoms with Crippen molar-refractivity contribution in [2.24, 2.45) is 0 Å². The van der Waals surface area contributed by atoms with Crippen molar-refractivity contribution in [2.75, 3.05) is 0 Å². The van der Waals surface area contributed by atoms with Gasteiger partial charge in [-0.2, -0.15) is 5.26 Å². The number of hydrogen-bond donors (Lipinski definition) is 0. The summed E-state index contributed by atoms with van der Waals surface area (Å²) in [7, 11) is 0. The summed E-state index contributed by atoms with van der Waals surface area (Å²) in [6.45, 7) is 4.00. The molecule has 0 radical (unpaired) electrons. The predicted octanol–water partition coefficient (Wildman–Crippen LogP) is 1.86. The molecule has 1 heterocycles. The van der Waals surface area contributed by atoms with E-state index in [0.29, 0.717) is 18.2 Å². The number of nitrogens with zero attached hydrogens (tertiary/aromatic N) is 2. The molecule has 0 saturated heterocycles. The molecular formula is C8H10N2O. The number of hydrogen-bond acceptors (Lipinski definition) is 3. The summed E-state index contributed by atoms with van der Waals surface area (Å²) in [5.74, 6) is 0.998. The molecule has 3 heteroatoms. The number of oxazole rings is 1. The lowest BCUT2D eigenvalue weighted by atomic mass is 10.2. The zero-order chi connectivity index (χ0) is 8.27. The van der Waals surface area contributed by atoms with Gasteiger partial charge in [-0.05, 0) is 0 Å². The molecule has 1 aromatic rings. The molecular weight excluding hydrogens is 140 g/mol. The minimum absolute atomic E-state index is 0.294. The summed E-state index contributed by atoms with van der Waals surface area (Å²) in [4.78, 5) is 4.11. The van der Waals surface area contributed by atoms with E-state index in [9.17, 15) is 0 Å². The molecule has 11 heavy (non-hydrogen) atoms. The second kappa shape index (κ2) is 3.20. The van der Waals surface area contributed by atoms with Crippen molar-refractivity contribution in [3.05, 3.63) is 17.8 Å². The van der Waals surface area contributed by atoms with Crippen molar-refractivity contribution in [3.63, 3.8) is 0 Å². The van der Waals surface area contributed by atoms with Crippen LogP contribution in [-0.4, -0.2) is 4.98 Å². The topological polar surface area (TPSA) is 49.8 Å². The maximum atomic E-state index is 8.34. The molecule has 0 fully saturated rings. The van der Waals surface area contributed by atoms with Crippen LogP contribution in [0, 0.1) is 11.3 Å². The third kappa shape index (κ3) is 1.81. The van der Waals surface area contributed by atoms with Gasteiger partial charge in [0.05, 0.1) is 18.2 Å². The standard InChI is InChI=1S/C8H10N2O/c1-6(2)8-10-7(3-4-9)5-11-8/h5-6H,3H2,1-2H3. The van der Waals surface area contributed by atoms with E-state index in [1.165, 1.54) is 0 Å². The zero-order valence-corrected chi connectivity index (χ0v) is 6.66. The quantitative estimate of drug-likeness (QED) is 0.646. The zero-order valence-electron chi connectivity index (χ0n) is 6.66. The normalized spacial score (nSPS) is 10.0. The lowest BCUT2D eigenvalue weighted by Crippen LogP contribution is -1.87. The molecule has 1 aromatic heterocycles. The number of nitriles is 1. The summed E-state index contributed by atoms with van der Waals surface area (Å²) < 4.78 is 5.12. The molecule has 0 aliphatic heterocycles. The Morgan fingerprint density at radius 1 is 1.73 bits per heavy atom. The van der Waals surface area contributed by atoms with E-state index in [0.717, 1.165) is 5.69 Å². The minimum atomic E-state index is 0.294. The Bertz CT molecular complexity index is 270. The molecule has 3 nitrogen and oxygen atoms in total. The Kier molecular flexibility index (Phi) is 2.27. The number of aromatic nitrogens is 1. The highest BCUT2D eigenvalue weighted by atomic mass is 16.3. The first-order valence-corrected chi connectivity index (χ1v) is 3.55. The van der Waals surface area contributed by atoms with Gasteiger partial charge in [0.2, 0.25) is 0 Å². The third-order valence-corrected chi connectivity index (χ3v) is 1.32. The van der Waals surface area contributed by atoms with Crippen LogP contribution in [0.15, 0.2) is 10.7 Å². The van der Waals surface area contributed by atoms with Gasteiger partial charge in [-0.15, -0.1) is 0 Å². The van der Waals surface area contributed by atoms with Crippen LogP contribution in [0.25, 0.3) is 0 Å². The Morgan fingerprint density at radius 3 is 2.91 bits per heavy atom. The maximum absolute atomic E-state index is 8.34. The highest BCUT2D eigenvalue weighted by Gasteiger charge is 2.06. The van der Waals surface area contributed by atoms with Crippen LogP contribution >= 0.6 is 0 Å². The predicted molar refractivity (Wildman–Crippen MR) is 39.9 cm³/mol. The van der Waals surface area contributed by atoms with Crippen LogP contribution < -0.4 is 0 Å². The average Bonchev–Trinajstić information content (AvgIpc) is 2.37. The van der Waals surface area contributed by atoms with E-state index in [4.69, 9.17) is 9.68 Å². The van der Waals surface area contributed by atoms with E-state index in [1.807, 2.05) is 19.9 Å². The fourth-order valence-corrected chi connectivity index (χ4v) is 0.750. The van der Waals surface area contributed by atoms with Gasteiger partial charge in [-0.25, -0.2) is 4.98 Å². The lowest BCUT2D eigenvalue weighted by Gasteiger charge is -1.93. The van der Waals surface area contributed by atoms with Crippen molar-refractivity contribution < 1.29 is 4.42 Å². The van der Waals surface area contributed by atoms with E-state index in [1.54, 1.807) is 6.26 Å². The Morgan fingerprint density at radius 2 is 2.45 bits per heavy atom. The summed E-state index contributed by atoms with van der Waals surface area (Å²) in [5, 5.41) is 8.34. The molecule has 0 N–H and O–H groups in total. The summed E-state index contributed by atoms with van der Waals surface area (Å²) in [6, 6.07) is 2.01. The molecule has 0 amide bonds. The monoisotopic (exact) mass is 150 g/mol. The number of rotatable bonds is 2. The van der Waals surface area contributed by atoms with Gasteiger partial charge in [-0.3, -0.25) is 0 Å². The van der Waals surface area contributed by atoms with Crippen molar-refractivity contribution in [2.45, 2.75) is 26.2 Å². The summed E-state index contributed by atoms with van der Waals surface area (Å²) in [5.41, 5.74) is 0.719. The van der Waals surface area contributed by atoms with Crippen molar-refractivity contribution in [1.82, 2.24) is 4.98 Å². The van der Waals surface area contributed by atoms with Crippen molar-refractivity contribution in [1.29, 1.82) is 5.26 Å². The molecule has 0 atom stereocenters. The van der Waals surface area contributed by atoms with Gasteiger partial charge in [-0.1, -0.05) is 13.8 Å². The average molecular weight is 150 g/mol. The van der Waals surface area contributed by atoms with Gasteiger partial charge in [0.1, 0.15) is 6.26 Å². The van der Waals surface area contributed by atoms with E-state index in [2.05, 4.69) is 4.98 Å². The van der Waals surface area contributed by atoms with Gasteiger partial charge in [0.15, 0.2) is 5.89 Å². The van der Waals surface area contributed by atoms with Gasteiger partial charge < -0.3 is 4.42 Å². The van der Waals surface area contributed by atoms with Gasteiger partial charge >= 0.3 is 0 Å². The lowest BCUT2D eigenvalue weighted by molar-refractivity contribution is 0.470. The van der Waals surface area contributed by atoms with Crippen LogP contribution in [0.3, 0.4) is 0 Å². The third-order valence-electron chi connectivity index (χ3n) is 1.32. The summed E-state index contributed by atoms with van der Waals surface area (Å²) >= 11 is 0. The molecule has 0 aromatic carbocycles. The molecule has 1 rings (SSSR count). The second-order valence-corrected chi connectivity index (χ2v) is 2.67. The van der Waals surface area contributed by atoms with E-state index in [-0.39, 0.29) is 0 Å². The molecule has 0 aliphatic carbocycles. The first-order chi connectivity index (χ1) is 5.24. The first-order valence-electron chi connectivity index (χ1n) is 3.55. The van der Waals surface area contributed by atoms with Crippen molar-refractivity contribution in [3.8, 4) is 6.07 Å². The maximum Gasteiger partial charge on any atom is 0.196 e. The summed E-state index contributed by atoms with van der Waals surface area (Å²) in [6.07, 6.45) is 1.87. The Labute approximate surface area is 65.7 Å². The largest absolute Gasteiger partial charge is 0.448 e. The smallest absolute Gasteiger partial charge is 0.196 e. The molecule has 0 spiro atoms. The second-order valence-electron chi connectivity index (χ2n) is 2.67. The van der Waals surface area contributed by atoms with Gasteiger partial charge in [0.25, 0.3) is 0 Å². The van der Waals surface area contributed by atoms with E-state index >= 15 is 0 Å². The van der Waals surface area contributed by atoms with Crippen molar-refractivity contribution >= 4 is 0 Å². The highest BCUT2D eigenvalue weighted by molar-refractivity contribution is 5.04. The van der Waals surface area contributed by atoms with Crippen LogP contribution in [0.5, 0.6) is 0 Å². The van der Waals surface area contributed by atoms with E-state index < -0.39 is 0 Å². The first kappa shape index (κ1) is 7.80. The molecule has 58 valence electrons. The van der Waals surface area contributed by atoms with Crippen LogP contribution in [0.2, 0.25) is 0 Å². The molecule has 0 unspecified atom stereocenters. The van der Waals surface area contributed by atoms with Gasteiger partial charge in [0, 0.05) is 5.92 Å². The molecule has 0 saturated carbocycles. The fraction of sp³-hybridized carbons (Fsp3) is 0.500. The van der Waals surface area contributed by atoms with Crippen LogP contribution in [0.1, 0.15) is 31.4 Å². The SMILES string of the molecule is CC(C)c1nc(CC#N)co1.